The summed E-state index contributed by atoms with van der Waals surface area (Å²) in [5.41, 5.74) is 1.04. The van der Waals surface area contributed by atoms with E-state index in [1.165, 1.54) is 0 Å². The summed E-state index contributed by atoms with van der Waals surface area (Å²) in [5.74, 6) is -2.81. The van der Waals surface area contributed by atoms with Crippen molar-refractivity contribution >= 4 is 23.5 Å². The van der Waals surface area contributed by atoms with Gasteiger partial charge in [-0.15, -0.1) is 6.58 Å². The predicted octanol–water partition coefficient (Wildman–Crippen LogP) is 1.86. The van der Waals surface area contributed by atoms with Crippen LogP contribution in [0.2, 0.25) is 5.02 Å². The van der Waals surface area contributed by atoms with E-state index < -0.39 is 11.9 Å². The van der Waals surface area contributed by atoms with Gasteiger partial charge >= 0.3 is 11.9 Å². The minimum Gasteiger partial charge on any atom is -0.491 e. The van der Waals surface area contributed by atoms with Crippen LogP contribution in [0.1, 0.15) is 5.56 Å². The highest BCUT2D eigenvalue weighted by atomic mass is 35.5. The molecule has 1 rings (SSSR count). The number of carboxylic acids is 2. The molecular weight excluding hydrogens is 378 g/mol. The number of carbonyl (C=O) groups is 2. The van der Waals surface area contributed by atoms with Gasteiger partial charge in [-0.3, -0.25) is 0 Å². The van der Waals surface area contributed by atoms with Gasteiger partial charge in [0, 0.05) is 25.2 Å². The molecular formula is C18H26ClNO7. The molecule has 1 aromatic carbocycles. The van der Waals surface area contributed by atoms with Crippen molar-refractivity contribution in [3.05, 3.63) is 41.4 Å². The zero-order valence-electron chi connectivity index (χ0n) is 15.3. The molecule has 0 aromatic heterocycles. The molecule has 0 aliphatic rings. The van der Waals surface area contributed by atoms with Crippen LogP contribution in [0.25, 0.3) is 0 Å². The fourth-order valence-corrected chi connectivity index (χ4v) is 1.95. The molecule has 0 aliphatic carbocycles. The second-order valence-corrected chi connectivity index (χ2v) is 5.50. The molecule has 0 unspecified atom stereocenters. The number of hydrogen-bond donors (Lipinski definition) is 3. The van der Waals surface area contributed by atoms with E-state index in [1.54, 1.807) is 7.11 Å². The summed E-state index contributed by atoms with van der Waals surface area (Å²) in [6.45, 7) is 7.84. The van der Waals surface area contributed by atoms with Gasteiger partial charge in [0.25, 0.3) is 0 Å². The van der Waals surface area contributed by atoms with Crippen molar-refractivity contribution in [2.24, 2.45) is 0 Å². The Morgan fingerprint density at radius 2 is 1.81 bits per heavy atom. The first-order chi connectivity index (χ1) is 12.9. The smallest absolute Gasteiger partial charge is 0.414 e. The summed E-state index contributed by atoms with van der Waals surface area (Å²) in [6, 6.07) is 5.61. The molecule has 0 spiro atoms. The van der Waals surface area contributed by atoms with Gasteiger partial charge in [0.05, 0.1) is 19.8 Å². The Bertz CT molecular complexity index is 569. The summed E-state index contributed by atoms with van der Waals surface area (Å²) in [4.78, 5) is 18.2. The van der Waals surface area contributed by atoms with Gasteiger partial charge in [0.1, 0.15) is 12.4 Å². The van der Waals surface area contributed by atoms with Gasteiger partial charge in [0.2, 0.25) is 0 Å². The number of carboxylic acid groups (broad SMARTS) is 2. The molecule has 0 amide bonds. The van der Waals surface area contributed by atoms with Crippen molar-refractivity contribution in [3.63, 3.8) is 0 Å². The summed E-state index contributed by atoms with van der Waals surface area (Å²) in [5, 5.41) is 18.7. The average molecular weight is 404 g/mol. The number of aliphatic carboxylic acids is 2. The Labute approximate surface area is 163 Å². The lowest BCUT2D eigenvalue weighted by Crippen LogP contribution is -2.24. The predicted molar refractivity (Wildman–Crippen MR) is 102 cm³/mol. The molecule has 1 aromatic rings. The largest absolute Gasteiger partial charge is 0.491 e. The van der Waals surface area contributed by atoms with Crippen molar-refractivity contribution < 1.29 is 34.0 Å². The monoisotopic (exact) mass is 403 g/mol. The lowest BCUT2D eigenvalue weighted by molar-refractivity contribution is -0.159. The highest BCUT2D eigenvalue weighted by Crippen LogP contribution is 2.23. The van der Waals surface area contributed by atoms with Crippen LogP contribution < -0.4 is 10.1 Å². The quantitative estimate of drug-likeness (QED) is 0.275. The maximum Gasteiger partial charge on any atom is 0.414 e. The number of hydrogen-bond acceptors (Lipinski definition) is 6. The van der Waals surface area contributed by atoms with Gasteiger partial charge in [-0.05, 0) is 30.2 Å². The second-order valence-electron chi connectivity index (χ2n) is 5.06. The number of nitrogens with one attached hydrogen (secondary N) is 1. The molecule has 0 atom stereocenters. The molecule has 0 saturated heterocycles. The van der Waals surface area contributed by atoms with E-state index >= 15 is 0 Å². The number of allylic oxidation sites excluding steroid dienone is 1. The summed E-state index contributed by atoms with van der Waals surface area (Å²) in [7, 11) is 1.69. The van der Waals surface area contributed by atoms with Crippen LogP contribution in [-0.2, 0) is 25.5 Å². The molecule has 0 bridgehead atoms. The van der Waals surface area contributed by atoms with E-state index in [4.69, 9.17) is 45.6 Å². The third kappa shape index (κ3) is 13.7. The number of benzene rings is 1. The standard InChI is InChI=1S/C16H24ClNO3.C2H2O4/c1-3-4-14-13-15(17)5-6-16(14)21-12-11-20-10-8-18-7-9-19-2;3-1(4)2(5)6/h3,5-6,13,18H,1,4,7-12H2,2H3;(H,3,4)(H,5,6). The lowest BCUT2D eigenvalue weighted by atomic mass is 10.1. The maximum atomic E-state index is 9.10. The normalized spacial score (nSPS) is 9.85. The summed E-state index contributed by atoms with van der Waals surface area (Å²) < 4.78 is 16.1. The Kier molecular flexibility index (Phi) is 14.8. The highest BCUT2D eigenvalue weighted by Gasteiger charge is 2.04. The summed E-state index contributed by atoms with van der Waals surface area (Å²) >= 11 is 5.98. The number of methoxy groups -OCH3 is 1. The molecule has 0 heterocycles. The van der Waals surface area contributed by atoms with Gasteiger partial charge in [-0.1, -0.05) is 17.7 Å². The van der Waals surface area contributed by atoms with E-state index in [9.17, 15) is 0 Å². The second kappa shape index (κ2) is 16.1. The Morgan fingerprint density at radius 3 is 2.41 bits per heavy atom. The molecule has 27 heavy (non-hydrogen) atoms. The van der Waals surface area contributed by atoms with E-state index in [0.29, 0.717) is 31.5 Å². The van der Waals surface area contributed by atoms with Crippen molar-refractivity contribution in [3.8, 4) is 5.75 Å². The lowest BCUT2D eigenvalue weighted by Gasteiger charge is -2.11. The zero-order valence-corrected chi connectivity index (χ0v) is 16.0. The van der Waals surface area contributed by atoms with Crippen LogP contribution in [0.15, 0.2) is 30.9 Å². The third-order valence-corrected chi connectivity index (χ3v) is 3.20. The third-order valence-electron chi connectivity index (χ3n) is 2.96. The first-order valence-corrected chi connectivity index (χ1v) is 8.55. The van der Waals surface area contributed by atoms with Crippen molar-refractivity contribution in [2.45, 2.75) is 6.42 Å². The van der Waals surface area contributed by atoms with Gasteiger partial charge in [-0.25, -0.2) is 9.59 Å². The molecule has 152 valence electrons. The fourth-order valence-electron chi connectivity index (χ4n) is 1.76. The molecule has 9 heteroatoms. The minimum absolute atomic E-state index is 0.518. The van der Waals surface area contributed by atoms with Crippen LogP contribution in [0.5, 0.6) is 5.75 Å². The van der Waals surface area contributed by atoms with Crippen LogP contribution in [0, 0.1) is 0 Å². The summed E-state index contributed by atoms with van der Waals surface area (Å²) in [6.07, 6.45) is 2.57. The fraction of sp³-hybridized carbons (Fsp3) is 0.444. The zero-order chi connectivity index (χ0) is 20.5. The maximum absolute atomic E-state index is 9.10. The molecule has 0 aliphatic heterocycles. The van der Waals surface area contributed by atoms with Gasteiger partial charge < -0.3 is 29.7 Å². The molecule has 8 nitrogen and oxygen atoms in total. The first-order valence-electron chi connectivity index (χ1n) is 8.18. The van der Waals surface area contributed by atoms with E-state index in [0.717, 1.165) is 30.8 Å². The number of halogens is 1. The topological polar surface area (TPSA) is 114 Å². The van der Waals surface area contributed by atoms with Gasteiger partial charge in [-0.2, -0.15) is 0 Å². The van der Waals surface area contributed by atoms with Crippen molar-refractivity contribution in [1.29, 1.82) is 0 Å². The minimum atomic E-state index is -1.82. The first kappa shape index (κ1) is 24.9. The molecule has 0 saturated carbocycles. The van der Waals surface area contributed by atoms with Crippen LogP contribution >= 0.6 is 11.6 Å². The van der Waals surface area contributed by atoms with Crippen molar-refractivity contribution in [2.75, 3.05) is 46.6 Å². The molecule has 0 radical (unpaired) electrons. The highest BCUT2D eigenvalue weighted by molar-refractivity contribution is 6.30. The molecule has 0 fully saturated rings. The SMILES string of the molecule is C=CCc1cc(Cl)ccc1OCCOCCNCCOC.O=C(O)C(=O)O. The van der Waals surface area contributed by atoms with E-state index in [-0.39, 0.29) is 0 Å². The van der Waals surface area contributed by atoms with Crippen LogP contribution in [0.4, 0.5) is 0 Å². The van der Waals surface area contributed by atoms with E-state index in [1.807, 2.05) is 24.3 Å². The molecule has 3 N–H and O–H groups in total. The van der Waals surface area contributed by atoms with E-state index in [2.05, 4.69) is 11.9 Å². The Morgan fingerprint density at radius 1 is 1.15 bits per heavy atom. The van der Waals surface area contributed by atoms with Crippen LogP contribution in [0.3, 0.4) is 0 Å². The van der Waals surface area contributed by atoms with Crippen molar-refractivity contribution in [1.82, 2.24) is 5.32 Å². The van der Waals surface area contributed by atoms with Crippen LogP contribution in [-0.4, -0.2) is 68.8 Å². The Balaban J connectivity index is 0.000000972. The Hall–Kier alpha value is -2.13. The van der Waals surface area contributed by atoms with Gasteiger partial charge in [0.15, 0.2) is 0 Å². The number of ether oxygens (including phenoxy) is 3. The number of rotatable bonds is 12. The average Bonchev–Trinajstić information content (AvgIpc) is 2.62.